The number of halogens is 2. The molecule has 0 fully saturated rings. The molecular formula is C14H22BrClN2O. The standard InChI is InChI=1S/C14H22BrClN2O/c1-10(2)19-7-6-18(3)14(9-17)11-4-5-12(15)13(16)8-11/h4-5,8,10,14H,6-7,9,17H2,1-3H3. The van der Waals surface area contributed by atoms with E-state index in [9.17, 15) is 0 Å². The highest BCUT2D eigenvalue weighted by molar-refractivity contribution is 9.10. The van der Waals surface area contributed by atoms with Crippen LogP contribution in [0.25, 0.3) is 0 Å². The Kier molecular flexibility index (Phi) is 7.32. The van der Waals surface area contributed by atoms with Gasteiger partial charge in [-0.25, -0.2) is 0 Å². The van der Waals surface area contributed by atoms with Crippen LogP contribution in [0.4, 0.5) is 0 Å². The van der Waals surface area contributed by atoms with Crippen LogP contribution in [0.3, 0.4) is 0 Å². The van der Waals surface area contributed by atoms with E-state index in [4.69, 9.17) is 22.1 Å². The number of nitrogens with zero attached hydrogens (tertiary/aromatic N) is 1. The molecule has 1 atom stereocenters. The van der Waals surface area contributed by atoms with Crippen LogP contribution >= 0.6 is 27.5 Å². The summed E-state index contributed by atoms with van der Waals surface area (Å²) in [5, 5.41) is 0.711. The number of rotatable bonds is 7. The topological polar surface area (TPSA) is 38.5 Å². The first kappa shape index (κ1) is 16.9. The predicted molar refractivity (Wildman–Crippen MR) is 84.7 cm³/mol. The average molecular weight is 350 g/mol. The zero-order valence-electron chi connectivity index (χ0n) is 11.7. The smallest absolute Gasteiger partial charge is 0.0597 e. The lowest BCUT2D eigenvalue weighted by Gasteiger charge is -2.27. The Balaban J connectivity index is 2.67. The normalized spacial score (nSPS) is 13.3. The molecule has 2 N–H and O–H groups in total. The van der Waals surface area contributed by atoms with Crippen molar-refractivity contribution >= 4 is 27.5 Å². The van der Waals surface area contributed by atoms with Gasteiger partial charge in [-0.05, 0) is 54.5 Å². The van der Waals surface area contributed by atoms with E-state index in [0.29, 0.717) is 18.2 Å². The van der Waals surface area contributed by atoms with Crippen molar-refractivity contribution in [1.82, 2.24) is 4.90 Å². The van der Waals surface area contributed by atoms with Gasteiger partial charge in [0.25, 0.3) is 0 Å². The third-order valence-electron chi connectivity index (χ3n) is 2.98. The Morgan fingerprint density at radius 2 is 2.11 bits per heavy atom. The summed E-state index contributed by atoms with van der Waals surface area (Å²) < 4.78 is 6.47. The lowest BCUT2D eigenvalue weighted by Crippen LogP contribution is -2.33. The van der Waals surface area contributed by atoms with Crippen molar-refractivity contribution in [3.63, 3.8) is 0 Å². The largest absolute Gasteiger partial charge is 0.377 e. The number of likely N-dealkylation sites (N-methyl/N-ethyl adjacent to an activating group) is 1. The SMILES string of the molecule is CC(C)OCCN(C)C(CN)c1ccc(Br)c(Cl)c1. The highest BCUT2D eigenvalue weighted by Crippen LogP contribution is 2.27. The van der Waals surface area contributed by atoms with Gasteiger partial charge in [-0.15, -0.1) is 0 Å². The quantitative estimate of drug-likeness (QED) is 0.819. The van der Waals surface area contributed by atoms with Gasteiger partial charge in [0.1, 0.15) is 0 Å². The van der Waals surface area contributed by atoms with Crippen molar-refractivity contribution < 1.29 is 4.74 Å². The van der Waals surface area contributed by atoms with Crippen LogP contribution in [0.5, 0.6) is 0 Å². The van der Waals surface area contributed by atoms with E-state index >= 15 is 0 Å². The molecule has 1 rings (SSSR count). The van der Waals surface area contributed by atoms with Crippen LogP contribution in [-0.2, 0) is 4.74 Å². The molecule has 5 heteroatoms. The minimum absolute atomic E-state index is 0.154. The van der Waals surface area contributed by atoms with E-state index in [1.807, 2.05) is 32.0 Å². The third kappa shape index (κ3) is 5.40. The fourth-order valence-electron chi connectivity index (χ4n) is 1.88. The lowest BCUT2D eigenvalue weighted by atomic mass is 10.1. The molecule has 0 radical (unpaired) electrons. The van der Waals surface area contributed by atoms with E-state index in [1.54, 1.807) is 0 Å². The molecule has 1 unspecified atom stereocenters. The monoisotopic (exact) mass is 348 g/mol. The zero-order chi connectivity index (χ0) is 14.4. The van der Waals surface area contributed by atoms with Gasteiger partial charge in [0, 0.05) is 23.6 Å². The molecule has 0 amide bonds. The Morgan fingerprint density at radius 3 is 2.63 bits per heavy atom. The van der Waals surface area contributed by atoms with Crippen LogP contribution in [0, 0.1) is 0 Å². The summed E-state index contributed by atoms with van der Waals surface area (Å²) in [4.78, 5) is 2.20. The average Bonchev–Trinajstić information content (AvgIpc) is 2.34. The van der Waals surface area contributed by atoms with Crippen molar-refractivity contribution in [3.8, 4) is 0 Å². The molecule has 1 aromatic carbocycles. The molecule has 0 spiro atoms. The summed E-state index contributed by atoms with van der Waals surface area (Å²) >= 11 is 9.53. The molecule has 0 aliphatic rings. The second kappa shape index (κ2) is 8.22. The first-order chi connectivity index (χ1) is 8.95. The van der Waals surface area contributed by atoms with E-state index in [1.165, 1.54) is 0 Å². The molecule has 0 bridgehead atoms. The van der Waals surface area contributed by atoms with Gasteiger partial charge in [-0.3, -0.25) is 4.90 Å². The van der Waals surface area contributed by atoms with Crippen LogP contribution in [0.1, 0.15) is 25.5 Å². The fourth-order valence-corrected chi connectivity index (χ4v) is 2.31. The number of nitrogens with two attached hydrogens (primary N) is 1. The summed E-state index contributed by atoms with van der Waals surface area (Å²) in [6.45, 7) is 6.17. The molecule has 1 aromatic rings. The molecule has 0 aliphatic heterocycles. The van der Waals surface area contributed by atoms with Gasteiger partial charge in [-0.1, -0.05) is 17.7 Å². The predicted octanol–water partition coefficient (Wildman–Crippen LogP) is 3.46. The Hall–Kier alpha value is -0.130. The third-order valence-corrected chi connectivity index (χ3v) is 4.21. The summed E-state index contributed by atoms with van der Waals surface area (Å²) in [5.74, 6) is 0. The summed E-state index contributed by atoms with van der Waals surface area (Å²) in [6, 6.07) is 6.12. The highest BCUT2D eigenvalue weighted by atomic mass is 79.9. The molecule has 3 nitrogen and oxygen atoms in total. The van der Waals surface area contributed by atoms with Crippen LogP contribution in [0.2, 0.25) is 5.02 Å². The minimum Gasteiger partial charge on any atom is -0.377 e. The van der Waals surface area contributed by atoms with Gasteiger partial charge in [0.2, 0.25) is 0 Å². The number of hydrogen-bond donors (Lipinski definition) is 1. The van der Waals surface area contributed by atoms with Crippen molar-refractivity contribution in [2.24, 2.45) is 5.73 Å². The highest BCUT2D eigenvalue weighted by Gasteiger charge is 2.16. The Labute approximate surface area is 129 Å². The van der Waals surface area contributed by atoms with Crippen molar-refractivity contribution in [3.05, 3.63) is 33.3 Å². The molecule has 0 aromatic heterocycles. The van der Waals surface area contributed by atoms with E-state index < -0.39 is 0 Å². The van der Waals surface area contributed by atoms with Gasteiger partial charge >= 0.3 is 0 Å². The van der Waals surface area contributed by atoms with E-state index in [2.05, 4.69) is 27.9 Å². The van der Waals surface area contributed by atoms with Crippen LogP contribution in [-0.4, -0.2) is 37.7 Å². The molecule has 19 heavy (non-hydrogen) atoms. The maximum Gasteiger partial charge on any atom is 0.0597 e. The van der Waals surface area contributed by atoms with Crippen LogP contribution in [0.15, 0.2) is 22.7 Å². The van der Waals surface area contributed by atoms with Crippen molar-refractivity contribution in [2.75, 3.05) is 26.7 Å². The first-order valence-corrected chi connectivity index (χ1v) is 7.59. The molecule has 108 valence electrons. The maximum atomic E-state index is 6.13. The zero-order valence-corrected chi connectivity index (χ0v) is 14.0. The minimum atomic E-state index is 0.154. The molecule has 0 saturated carbocycles. The molecule has 0 aliphatic carbocycles. The lowest BCUT2D eigenvalue weighted by molar-refractivity contribution is 0.0564. The second-order valence-electron chi connectivity index (χ2n) is 4.83. The summed E-state index contributed by atoms with van der Waals surface area (Å²) in [7, 11) is 2.05. The van der Waals surface area contributed by atoms with Crippen molar-refractivity contribution in [1.29, 1.82) is 0 Å². The van der Waals surface area contributed by atoms with Crippen molar-refractivity contribution in [2.45, 2.75) is 26.0 Å². The van der Waals surface area contributed by atoms with Gasteiger partial charge < -0.3 is 10.5 Å². The Bertz CT molecular complexity index is 401. The Morgan fingerprint density at radius 1 is 1.42 bits per heavy atom. The molecule has 0 heterocycles. The first-order valence-electron chi connectivity index (χ1n) is 6.42. The van der Waals surface area contributed by atoms with Gasteiger partial charge in [0.15, 0.2) is 0 Å². The summed E-state index contributed by atoms with van der Waals surface area (Å²) in [5.41, 5.74) is 7.02. The van der Waals surface area contributed by atoms with E-state index in [0.717, 1.165) is 16.6 Å². The summed E-state index contributed by atoms with van der Waals surface area (Å²) in [6.07, 6.45) is 0.256. The number of benzene rings is 1. The fraction of sp³-hybridized carbons (Fsp3) is 0.571. The number of hydrogen-bond acceptors (Lipinski definition) is 3. The second-order valence-corrected chi connectivity index (χ2v) is 6.09. The van der Waals surface area contributed by atoms with E-state index in [-0.39, 0.29) is 12.1 Å². The van der Waals surface area contributed by atoms with Gasteiger partial charge in [0.05, 0.1) is 17.7 Å². The van der Waals surface area contributed by atoms with Crippen LogP contribution < -0.4 is 5.73 Å². The molecule has 0 saturated heterocycles. The van der Waals surface area contributed by atoms with Gasteiger partial charge in [-0.2, -0.15) is 0 Å². The maximum absolute atomic E-state index is 6.13. The molecular weight excluding hydrogens is 328 g/mol. The number of ether oxygens (including phenoxy) is 1.